The Morgan fingerprint density at radius 3 is 0.862 bits per heavy atom. The number of benzene rings is 3. The zero-order valence-electron chi connectivity index (χ0n) is 41.1. The molecule has 0 spiro atoms. The Bertz CT molecular complexity index is 1970. The molecule has 0 N–H and O–H groups in total. The van der Waals surface area contributed by atoms with Crippen LogP contribution in [0.15, 0.2) is 91.0 Å². The summed E-state index contributed by atoms with van der Waals surface area (Å²) in [6.07, 6.45) is -2.64. The van der Waals surface area contributed by atoms with Gasteiger partial charge in [0.25, 0.3) is 0 Å². The molecular weight excluding hydrogens is 846 g/mol. The van der Waals surface area contributed by atoms with Gasteiger partial charge in [-0.1, -0.05) is 54.6 Å². The highest BCUT2D eigenvalue weighted by molar-refractivity contribution is 7.48. The van der Waals surface area contributed by atoms with Gasteiger partial charge in [-0.05, 0) is 160 Å². The van der Waals surface area contributed by atoms with Crippen molar-refractivity contribution in [1.29, 1.82) is 0 Å². The van der Waals surface area contributed by atoms with Gasteiger partial charge in [0.2, 0.25) is 0 Å². The molecule has 6 rings (SSSR count). The summed E-state index contributed by atoms with van der Waals surface area (Å²) in [5.74, 6) is -3.77. The minimum absolute atomic E-state index is 0.214. The maximum atomic E-state index is 16.5. The first-order valence-corrected chi connectivity index (χ1v) is 24.2. The molecule has 0 saturated carbocycles. The van der Waals surface area contributed by atoms with Crippen LogP contribution in [-0.4, -0.2) is 105 Å². The number of rotatable bonds is 12. The van der Waals surface area contributed by atoms with E-state index in [0.29, 0.717) is 17.2 Å². The third-order valence-corrected chi connectivity index (χ3v) is 16.8. The molecule has 65 heavy (non-hydrogen) atoms. The van der Waals surface area contributed by atoms with Crippen LogP contribution in [0.25, 0.3) is 0 Å². The molecule has 3 fully saturated rings. The van der Waals surface area contributed by atoms with Crippen LogP contribution in [0.4, 0.5) is 0 Å². The van der Waals surface area contributed by atoms with Crippen LogP contribution in [0.2, 0.25) is 0 Å². The summed E-state index contributed by atoms with van der Waals surface area (Å²) in [6, 6.07) is 26.4. The van der Waals surface area contributed by atoms with E-state index in [0.717, 1.165) is 0 Å². The van der Waals surface area contributed by atoms with Crippen LogP contribution < -0.4 is 14.2 Å². The Kier molecular flexibility index (Phi) is 14.2. The van der Waals surface area contributed by atoms with Crippen molar-refractivity contribution in [3.8, 4) is 17.2 Å². The van der Waals surface area contributed by atoms with E-state index in [2.05, 4.69) is 14.7 Å². The number of carbonyl (C=O) groups excluding carboxylic acids is 3. The molecule has 6 atom stereocenters. The second-order valence-corrected chi connectivity index (χ2v) is 23.2. The van der Waals surface area contributed by atoms with Gasteiger partial charge in [0.15, 0.2) is 0 Å². The van der Waals surface area contributed by atoms with Gasteiger partial charge in [-0.3, -0.25) is 42.7 Å². The van der Waals surface area contributed by atoms with Crippen molar-refractivity contribution in [1.82, 2.24) is 14.7 Å². The summed E-state index contributed by atoms with van der Waals surface area (Å²) in [4.78, 5) is 50.2. The van der Waals surface area contributed by atoms with Crippen LogP contribution >= 0.6 is 7.82 Å². The van der Waals surface area contributed by atoms with Crippen molar-refractivity contribution in [3.63, 3.8) is 0 Å². The summed E-state index contributed by atoms with van der Waals surface area (Å²) < 4.78 is 55.5. The Morgan fingerprint density at radius 2 is 0.646 bits per heavy atom. The van der Waals surface area contributed by atoms with Gasteiger partial charge < -0.3 is 14.2 Å². The van der Waals surface area contributed by atoms with Gasteiger partial charge in [-0.15, -0.1) is 0 Å². The topological polar surface area (TPSA) is 133 Å². The zero-order valence-corrected chi connectivity index (χ0v) is 42.0. The van der Waals surface area contributed by atoms with Crippen molar-refractivity contribution in [2.45, 2.75) is 154 Å². The molecule has 6 unspecified atom stereocenters. The molecule has 3 saturated heterocycles. The highest BCUT2D eigenvalue weighted by atomic mass is 31.2. The Morgan fingerprint density at radius 1 is 0.431 bits per heavy atom. The fourth-order valence-electron chi connectivity index (χ4n) is 10.8. The predicted molar refractivity (Wildman–Crippen MR) is 251 cm³/mol. The second kappa shape index (κ2) is 18.3. The average molecular weight is 918 g/mol. The molecule has 3 aliphatic heterocycles. The van der Waals surface area contributed by atoms with Crippen molar-refractivity contribution >= 4 is 25.7 Å². The minimum atomic E-state index is -4.98. The van der Waals surface area contributed by atoms with Crippen molar-refractivity contribution in [3.05, 3.63) is 91.0 Å². The third kappa shape index (κ3) is 10.3. The number of piperidine rings is 3. The lowest BCUT2D eigenvalue weighted by molar-refractivity contribution is -0.174. The number of hydrogen-bond donors (Lipinski definition) is 0. The van der Waals surface area contributed by atoms with E-state index in [1.54, 1.807) is 72.8 Å². The molecule has 3 aromatic carbocycles. The number of ether oxygens (including phenoxy) is 3. The average Bonchev–Trinajstić information content (AvgIpc) is 3.19. The summed E-state index contributed by atoms with van der Waals surface area (Å²) in [5.41, 5.74) is -4.53. The van der Waals surface area contributed by atoms with Crippen LogP contribution in [0.5, 0.6) is 17.2 Å². The molecule has 3 aromatic rings. The SMILES string of the molecule is CN1C(C)(C)CC(OP(=O)(OC2CC(C)(C)N(C)C(C)(C)C2C(=O)Oc2ccccc2)OC2CC(C)(C)N(C)C(C)(C)C2C(=O)Oc2ccccc2)C(C(=O)Oc2ccccc2)C1(C)C. The van der Waals surface area contributed by atoms with E-state index < -0.39 is 95.0 Å². The number of phosphoric ester groups is 1. The Hall–Kier alpha value is -3.94. The van der Waals surface area contributed by atoms with E-state index in [9.17, 15) is 14.4 Å². The number of nitrogens with zero attached hydrogens (tertiary/aromatic N) is 3. The molecule has 0 aliphatic carbocycles. The van der Waals surface area contributed by atoms with Crippen molar-refractivity contribution < 1.29 is 46.7 Å². The fourth-order valence-corrected chi connectivity index (χ4v) is 12.5. The molecule has 13 nitrogen and oxygen atoms in total. The summed E-state index contributed by atoms with van der Waals surface area (Å²) in [6.45, 7) is 23.8. The molecule has 0 amide bonds. The molecule has 0 radical (unpaired) electrons. The normalized spacial score (nSPS) is 29.2. The van der Waals surface area contributed by atoms with Gasteiger partial charge in [0, 0.05) is 33.2 Å². The largest absolute Gasteiger partial charge is 0.475 e. The number of hydrogen-bond acceptors (Lipinski definition) is 13. The van der Waals surface area contributed by atoms with Gasteiger partial charge in [-0.2, -0.15) is 0 Å². The molecule has 0 aromatic heterocycles. The van der Waals surface area contributed by atoms with Crippen LogP contribution in [-0.2, 0) is 32.5 Å². The van der Waals surface area contributed by atoms with Gasteiger partial charge >= 0.3 is 25.7 Å². The number of para-hydroxylation sites is 3. The van der Waals surface area contributed by atoms with Crippen LogP contribution in [0.1, 0.15) is 102 Å². The van der Waals surface area contributed by atoms with Crippen LogP contribution in [0, 0.1) is 17.8 Å². The summed E-state index contributed by atoms with van der Waals surface area (Å²) in [5, 5.41) is 0. The lowest BCUT2D eigenvalue weighted by atomic mass is 9.71. The standard InChI is InChI=1S/C51H72N3O10P/c1-46(2)31-37(40(49(7,8)52(46)13)43(55)59-34-25-19-16-20-26-34)62-65(58,63-38-32-47(3,4)53(14)50(9,10)41(38)44(56)60-35-27-21-17-22-28-35)64-39-33-48(5,6)54(15)51(11,12)42(39)45(57)61-36-29-23-18-24-30-36/h16-30,37-42H,31-33H2,1-15H3. The monoisotopic (exact) mass is 917 g/mol. The summed E-state index contributed by atoms with van der Waals surface area (Å²) >= 11 is 0. The Labute approximate surface area is 387 Å². The lowest BCUT2D eigenvalue weighted by Crippen LogP contribution is -2.68. The predicted octanol–water partition coefficient (Wildman–Crippen LogP) is 9.59. The van der Waals surface area contributed by atoms with E-state index in [4.69, 9.17) is 27.8 Å². The number of likely N-dealkylation sites (tertiary alicyclic amines) is 3. The minimum Gasteiger partial charge on any atom is -0.426 e. The second-order valence-electron chi connectivity index (χ2n) is 21.7. The van der Waals surface area contributed by atoms with E-state index in [1.807, 2.05) is 122 Å². The lowest BCUT2D eigenvalue weighted by Gasteiger charge is -2.58. The third-order valence-electron chi connectivity index (χ3n) is 15.3. The highest BCUT2D eigenvalue weighted by Crippen LogP contribution is 2.61. The van der Waals surface area contributed by atoms with Gasteiger partial charge in [0.1, 0.15) is 35.0 Å². The maximum absolute atomic E-state index is 16.5. The van der Waals surface area contributed by atoms with E-state index in [1.165, 1.54) is 0 Å². The first kappa shape index (κ1) is 50.5. The van der Waals surface area contributed by atoms with Crippen LogP contribution in [0.3, 0.4) is 0 Å². The molecular formula is C51H72N3O10P. The first-order valence-electron chi connectivity index (χ1n) is 22.7. The molecule has 14 heteroatoms. The molecule has 0 bridgehead atoms. The number of carbonyl (C=O) groups is 3. The van der Waals surface area contributed by atoms with E-state index in [-0.39, 0.29) is 19.3 Å². The quantitative estimate of drug-likeness (QED) is 0.0971. The van der Waals surface area contributed by atoms with Gasteiger partial charge in [-0.25, -0.2) is 4.57 Å². The number of esters is 3. The first-order chi connectivity index (χ1) is 30.0. The molecule has 3 heterocycles. The maximum Gasteiger partial charge on any atom is 0.475 e. The molecule has 356 valence electrons. The zero-order chi connectivity index (χ0) is 48.1. The Balaban J connectivity index is 1.50. The molecule has 3 aliphatic rings. The summed E-state index contributed by atoms with van der Waals surface area (Å²) in [7, 11) is 0.862. The van der Waals surface area contributed by atoms with E-state index >= 15 is 4.57 Å². The number of phosphoric acid groups is 1. The fraction of sp³-hybridized carbons (Fsp3) is 0.588. The van der Waals surface area contributed by atoms with Crippen molar-refractivity contribution in [2.75, 3.05) is 21.1 Å². The smallest absolute Gasteiger partial charge is 0.426 e. The highest BCUT2D eigenvalue weighted by Gasteiger charge is 2.62. The van der Waals surface area contributed by atoms with Gasteiger partial charge in [0.05, 0.1) is 18.3 Å². The van der Waals surface area contributed by atoms with Crippen molar-refractivity contribution in [2.24, 2.45) is 17.8 Å².